The monoisotopic (exact) mass is 661 g/mol. The van der Waals surface area contributed by atoms with Gasteiger partial charge in [0.25, 0.3) is 5.91 Å². The quantitative estimate of drug-likeness (QED) is 0.145. The summed E-state index contributed by atoms with van der Waals surface area (Å²) >= 11 is 0. The molecular formula is C29H29N2O14S-. The number of aliphatic hydroxyl groups excluding tert-OH is 3. The van der Waals surface area contributed by atoms with Crippen LogP contribution < -0.4 is 15.0 Å². The van der Waals surface area contributed by atoms with Gasteiger partial charge in [-0.25, -0.2) is 0 Å². The van der Waals surface area contributed by atoms with Crippen LogP contribution in [0.2, 0.25) is 0 Å². The Balaban J connectivity index is 0.000000288. The Kier molecular flexibility index (Phi) is 8.77. The second-order valence-electron chi connectivity index (χ2n) is 11.1. The highest BCUT2D eigenvalue weighted by molar-refractivity contribution is 7.81. The zero-order valence-electron chi connectivity index (χ0n) is 24.3. The summed E-state index contributed by atoms with van der Waals surface area (Å²) in [5.74, 6) is -11.0. The number of benzene rings is 2. The Morgan fingerprint density at radius 3 is 2.20 bits per heavy atom. The van der Waals surface area contributed by atoms with Crippen molar-refractivity contribution in [3.63, 3.8) is 0 Å². The fourth-order valence-corrected chi connectivity index (χ4v) is 6.77. The van der Waals surface area contributed by atoms with Crippen molar-refractivity contribution in [1.29, 1.82) is 0 Å². The molecule has 0 unspecified atom stereocenters. The fourth-order valence-electron chi connectivity index (χ4n) is 6.40. The molecule has 2 aromatic carbocycles. The predicted molar refractivity (Wildman–Crippen MR) is 153 cm³/mol. The number of aromatic hydroxyl groups is 1. The van der Waals surface area contributed by atoms with Crippen molar-refractivity contribution in [3.05, 3.63) is 76.1 Å². The Morgan fingerprint density at radius 2 is 1.65 bits per heavy atom. The first kappa shape index (κ1) is 34.1. The average molecular weight is 662 g/mol. The number of fused-ring (bicyclic) bond motifs is 3. The molecule has 0 heterocycles. The van der Waals surface area contributed by atoms with E-state index in [4.69, 9.17) is 10.3 Å². The molecule has 1 fully saturated rings. The number of Topliss-reactive ketones (excluding diaryl/α,β-unsaturated/α-hetero) is 2. The lowest BCUT2D eigenvalue weighted by Crippen LogP contribution is -2.70. The molecule has 46 heavy (non-hydrogen) atoms. The number of carbonyl (C=O) groups excluding carboxylic acids is 4. The number of hydrogen-bond acceptors (Lipinski definition) is 14. The van der Waals surface area contributed by atoms with Crippen LogP contribution in [-0.2, 0) is 24.8 Å². The topological polar surface area (TPSA) is 285 Å². The third-order valence-corrected chi connectivity index (χ3v) is 8.69. The van der Waals surface area contributed by atoms with Crippen LogP contribution in [0, 0.1) is 11.8 Å². The van der Waals surface area contributed by atoms with Gasteiger partial charge in [0.05, 0.1) is 29.6 Å². The van der Waals surface area contributed by atoms with Gasteiger partial charge >= 0.3 is 10.4 Å². The van der Waals surface area contributed by atoms with Crippen molar-refractivity contribution in [2.75, 3.05) is 14.1 Å². The van der Waals surface area contributed by atoms with Gasteiger partial charge < -0.3 is 45.4 Å². The van der Waals surface area contributed by atoms with Crippen molar-refractivity contribution < 1.29 is 67.0 Å². The molecule has 1 amide bonds. The highest BCUT2D eigenvalue weighted by Crippen LogP contribution is 2.55. The summed E-state index contributed by atoms with van der Waals surface area (Å²) < 4.78 is 32.9. The van der Waals surface area contributed by atoms with E-state index in [-0.39, 0.29) is 11.3 Å². The molecule has 8 N–H and O–H groups in total. The number of amides is 1. The highest BCUT2D eigenvalue weighted by Gasteiger charge is 2.68. The van der Waals surface area contributed by atoms with Gasteiger partial charge in [-0.15, -0.1) is 0 Å². The van der Waals surface area contributed by atoms with Crippen molar-refractivity contribution >= 4 is 39.6 Å². The van der Waals surface area contributed by atoms with Crippen LogP contribution in [0.25, 0.3) is 5.76 Å². The number of ketones is 2. The molecule has 5 rings (SSSR count). The van der Waals surface area contributed by atoms with E-state index in [1.54, 1.807) is 19.1 Å². The first-order valence-electron chi connectivity index (χ1n) is 13.4. The highest BCUT2D eigenvalue weighted by atomic mass is 32.3. The lowest BCUT2D eigenvalue weighted by Gasteiger charge is -2.53. The summed E-state index contributed by atoms with van der Waals surface area (Å²) in [5, 5.41) is 65.3. The van der Waals surface area contributed by atoms with Gasteiger partial charge in [-0.05, 0) is 43.8 Å². The first-order valence-corrected chi connectivity index (χ1v) is 14.8. The number of nitrogens with zero attached hydrogens (tertiary/aromatic N) is 1. The molecule has 0 aromatic heterocycles. The molecule has 17 heteroatoms. The van der Waals surface area contributed by atoms with Crippen LogP contribution in [0.5, 0.6) is 11.5 Å². The van der Waals surface area contributed by atoms with E-state index in [1.165, 1.54) is 37.2 Å². The molecule has 246 valence electrons. The lowest BCUT2D eigenvalue weighted by atomic mass is 9.54. The number of phenolic OH excluding ortho intramolecular Hbond substituents is 1. The number of carbonyl (C=O) groups is 4. The largest absolute Gasteiger partial charge is 0.545 e. The molecule has 0 radical (unpaired) electrons. The van der Waals surface area contributed by atoms with Gasteiger partial charge in [-0.3, -0.25) is 23.8 Å². The number of primary amides is 1. The van der Waals surface area contributed by atoms with E-state index < -0.39 is 103 Å². The maximum atomic E-state index is 13.7. The molecule has 0 saturated heterocycles. The number of rotatable bonds is 5. The molecule has 1 saturated carbocycles. The van der Waals surface area contributed by atoms with Crippen LogP contribution in [0.1, 0.15) is 34.3 Å². The number of likely N-dealkylation sites (N-methyl/N-ethyl adjacent to an activating group) is 1. The Labute approximate surface area is 261 Å². The van der Waals surface area contributed by atoms with Crippen LogP contribution in [0.3, 0.4) is 0 Å². The molecule has 0 bridgehead atoms. The molecular weight excluding hydrogens is 632 g/mol. The minimum atomic E-state index is -4.72. The van der Waals surface area contributed by atoms with E-state index >= 15 is 0 Å². The van der Waals surface area contributed by atoms with E-state index in [0.717, 1.165) is 12.1 Å². The Hall–Kier alpha value is -4.81. The van der Waals surface area contributed by atoms with E-state index in [2.05, 4.69) is 4.18 Å². The van der Waals surface area contributed by atoms with E-state index in [1.807, 2.05) is 0 Å². The maximum Gasteiger partial charge on any atom is 0.446 e. The molecule has 0 aliphatic heterocycles. The van der Waals surface area contributed by atoms with Crippen molar-refractivity contribution in [2.45, 2.75) is 30.6 Å². The maximum absolute atomic E-state index is 13.7. The standard InChI is InChI=1S/C22H24N2O8.C7H6O6S/c1-7-8-5-4-6-9(25)11(8)16(26)12-10(7)17(27)14-15(24(2)3)18(28)13(21(23)31)20(30)22(14,32)19(12)29;8-7(9)5-3-1-2-4-6(5)13-14(10,11)12/h4-7,10,14-15,17,25-27,30,32H,1-3H3,(H2,23,31);1-4H,(H,8,9)(H,10,11,12)/p-1/t7-,10+,14+,15-,17-,22-;/m0./s1. The van der Waals surface area contributed by atoms with Gasteiger partial charge in [0.1, 0.15) is 22.8 Å². The first-order chi connectivity index (χ1) is 21.3. The number of carboxylic acid groups (broad SMARTS) is 1. The molecule has 3 aliphatic carbocycles. The number of aliphatic hydroxyl groups is 4. The minimum Gasteiger partial charge on any atom is -0.545 e. The second kappa shape index (κ2) is 11.8. The van der Waals surface area contributed by atoms with Crippen molar-refractivity contribution in [3.8, 4) is 11.5 Å². The van der Waals surface area contributed by atoms with Gasteiger partial charge in [-0.1, -0.05) is 31.2 Å². The SMILES string of the molecule is C[C@H]1c2cccc(O)c2C(O)=C2C(=O)[C@]3(O)C(O)=C(C(N)=O)C(=O)[C@@H](N(C)C)[C@@H]3[C@@H](O)[C@@H]21.O=C([O-])c1ccccc1OS(=O)(=O)O. The number of aromatic carboxylic acids is 1. The van der Waals surface area contributed by atoms with Crippen LogP contribution >= 0.6 is 0 Å². The molecule has 3 aliphatic rings. The lowest BCUT2D eigenvalue weighted by molar-refractivity contribution is -0.255. The number of nitrogens with two attached hydrogens (primary N) is 1. The summed E-state index contributed by atoms with van der Waals surface area (Å²) in [6.45, 7) is 1.68. The predicted octanol–water partition coefficient (Wildman–Crippen LogP) is -1.27. The smallest absolute Gasteiger partial charge is 0.446 e. The summed E-state index contributed by atoms with van der Waals surface area (Å²) in [5.41, 5.74) is 1.02. The van der Waals surface area contributed by atoms with Crippen LogP contribution in [0.15, 0.2) is 59.4 Å². The number of para-hydroxylation sites is 1. The normalized spacial score (nSPS) is 27.2. The van der Waals surface area contributed by atoms with Crippen molar-refractivity contribution in [2.24, 2.45) is 17.6 Å². The van der Waals surface area contributed by atoms with Gasteiger partial charge in [0.15, 0.2) is 17.1 Å². The third kappa shape index (κ3) is 5.37. The van der Waals surface area contributed by atoms with E-state index in [0.29, 0.717) is 5.56 Å². The van der Waals surface area contributed by atoms with Crippen LogP contribution in [-0.4, -0.2) is 98.7 Å². The number of hydrogen-bond donors (Lipinski definition) is 7. The number of carboxylic acids is 1. The Morgan fingerprint density at radius 1 is 1.04 bits per heavy atom. The summed E-state index contributed by atoms with van der Waals surface area (Å²) in [6, 6.07) is 8.02. The van der Waals surface area contributed by atoms with Crippen molar-refractivity contribution in [1.82, 2.24) is 4.90 Å². The minimum absolute atomic E-state index is 0.0245. The molecule has 0 spiro atoms. The van der Waals surface area contributed by atoms with Gasteiger partial charge in [0, 0.05) is 17.1 Å². The molecule has 16 nitrogen and oxygen atoms in total. The zero-order valence-corrected chi connectivity index (χ0v) is 25.1. The Bertz CT molecular complexity index is 1830. The number of phenols is 1. The second-order valence-corrected chi connectivity index (χ2v) is 12.1. The summed E-state index contributed by atoms with van der Waals surface area (Å²) in [7, 11) is -1.80. The fraction of sp³-hybridized carbons (Fsp3) is 0.310. The average Bonchev–Trinajstić information content (AvgIpc) is 2.94. The third-order valence-electron chi connectivity index (χ3n) is 8.30. The summed E-state index contributed by atoms with van der Waals surface area (Å²) in [4.78, 5) is 50.4. The van der Waals surface area contributed by atoms with Crippen LogP contribution in [0.4, 0.5) is 0 Å². The molecule has 2 aromatic rings. The van der Waals surface area contributed by atoms with Gasteiger partial charge in [0.2, 0.25) is 5.78 Å². The van der Waals surface area contributed by atoms with Gasteiger partial charge in [-0.2, -0.15) is 8.42 Å². The summed E-state index contributed by atoms with van der Waals surface area (Å²) in [6.07, 6.45) is -1.59. The van der Waals surface area contributed by atoms with E-state index in [9.17, 15) is 58.2 Å². The molecule has 6 atom stereocenters. The zero-order chi connectivity index (χ0) is 34.6.